The molecule has 1 amide bonds. The average Bonchev–Trinajstić information content (AvgIpc) is 3.09. The summed E-state index contributed by atoms with van der Waals surface area (Å²) in [7, 11) is 1.44. The van der Waals surface area contributed by atoms with Crippen LogP contribution in [0.1, 0.15) is 25.3 Å². The Balaban J connectivity index is 1.97. The summed E-state index contributed by atoms with van der Waals surface area (Å²) in [6, 6.07) is 3.23. The normalized spacial score (nSPS) is 15.5. The van der Waals surface area contributed by atoms with Gasteiger partial charge in [0.1, 0.15) is 0 Å². The third kappa shape index (κ3) is 4.50. The molecule has 1 aromatic carbocycles. The van der Waals surface area contributed by atoms with Gasteiger partial charge in [0.15, 0.2) is 17.6 Å². The SMILES string of the molecule is COc1cc(/C=C/C(=O)O[C@H](C)C(=O)N2CCCC2)cc(Br)c1O. The Labute approximate surface area is 149 Å². The first-order valence-corrected chi connectivity index (χ1v) is 8.45. The van der Waals surface area contributed by atoms with Gasteiger partial charge in [0, 0.05) is 19.2 Å². The molecule has 1 aliphatic heterocycles. The summed E-state index contributed by atoms with van der Waals surface area (Å²) in [5.74, 6) is -0.487. The van der Waals surface area contributed by atoms with Crippen LogP contribution in [0.2, 0.25) is 0 Å². The van der Waals surface area contributed by atoms with E-state index in [2.05, 4.69) is 15.9 Å². The number of rotatable bonds is 5. The third-order valence-corrected chi connectivity index (χ3v) is 4.35. The van der Waals surface area contributed by atoms with E-state index in [9.17, 15) is 14.7 Å². The number of likely N-dealkylation sites (tertiary alicyclic amines) is 1. The highest BCUT2D eigenvalue weighted by atomic mass is 79.9. The predicted octanol–water partition coefficient (Wildman–Crippen LogP) is 2.73. The van der Waals surface area contributed by atoms with Crippen LogP contribution in [0.3, 0.4) is 0 Å². The maximum atomic E-state index is 12.1. The van der Waals surface area contributed by atoms with E-state index in [0.717, 1.165) is 25.9 Å². The first kappa shape index (κ1) is 18.3. The summed E-state index contributed by atoms with van der Waals surface area (Å²) < 4.78 is 10.6. The number of hydrogen-bond acceptors (Lipinski definition) is 5. The lowest BCUT2D eigenvalue weighted by Gasteiger charge is -2.19. The molecule has 1 saturated heterocycles. The second-order valence-electron chi connectivity index (χ2n) is 5.50. The number of phenols is 1. The van der Waals surface area contributed by atoms with Crippen LogP contribution in [-0.4, -0.2) is 48.2 Å². The van der Waals surface area contributed by atoms with Gasteiger partial charge in [-0.25, -0.2) is 4.79 Å². The number of ether oxygens (including phenoxy) is 2. The zero-order chi connectivity index (χ0) is 17.7. The largest absolute Gasteiger partial charge is 0.503 e. The standard InChI is InChI=1S/C17H20BrNO5/c1-11(17(22)19-7-3-4-8-19)24-15(20)6-5-12-9-13(18)16(21)14(10-12)23-2/h5-6,9-11,21H,3-4,7-8H2,1-2H3/b6-5+/t11-/m1/s1. The second-order valence-corrected chi connectivity index (χ2v) is 6.35. The van der Waals surface area contributed by atoms with Crippen molar-refractivity contribution in [2.75, 3.05) is 20.2 Å². The smallest absolute Gasteiger partial charge is 0.331 e. The van der Waals surface area contributed by atoms with Crippen LogP contribution in [0.5, 0.6) is 11.5 Å². The van der Waals surface area contributed by atoms with E-state index in [1.165, 1.54) is 19.3 Å². The van der Waals surface area contributed by atoms with E-state index in [4.69, 9.17) is 9.47 Å². The Morgan fingerprint density at radius 2 is 2.00 bits per heavy atom. The van der Waals surface area contributed by atoms with Crippen molar-refractivity contribution in [2.45, 2.75) is 25.9 Å². The zero-order valence-corrected chi connectivity index (χ0v) is 15.2. The number of amides is 1. The highest BCUT2D eigenvalue weighted by Crippen LogP contribution is 2.35. The van der Waals surface area contributed by atoms with Crippen LogP contribution in [-0.2, 0) is 14.3 Å². The van der Waals surface area contributed by atoms with Gasteiger partial charge in [-0.2, -0.15) is 0 Å². The van der Waals surface area contributed by atoms with Crippen molar-refractivity contribution >= 4 is 33.9 Å². The Morgan fingerprint density at radius 1 is 1.33 bits per heavy atom. The van der Waals surface area contributed by atoms with Gasteiger partial charge in [-0.05, 0) is 59.5 Å². The summed E-state index contributed by atoms with van der Waals surface area (Å²) in [5.41, 5.74) is 0.645. The van der Waals surface area contributed by atoms with Gasteiger partial charge in [-0.15, -0.1) is 0 Å². The molecule has 0 unspecified atom stereocenters. The summed E-state index contributed by atoms with van der Waals surface area (Å²) >= 11 is 3.21. The lowest BCUT2D eigenvalue weighted by molar-refractivity contribution is -0.154. The molecule has 130 valence electrons. The zero-order valence-electron chi connectivity index (χ0n) is 13.6. The maximum absolute atomic E-state index is 12.1. The van der Waals surface area contributed by atoms with E-state index in [-0.39, 0.29) is 17.4 Å². The fourth-order valence-corrected chi connectivity index (χ4v) is 2.93. The maximum Gasteiger partial charge on any atom is 0.331 e. The lowest BCUT2D eigenvalue weighted by atomic mass is 10.2. The van der Waals surface area contributed by atoms with Gasteiger partial charge in [-0.1, -0.05) is 0 Å². The van der Waals surface area contributed by atoms with Crippen molar-refractivity contribution in [3.63, 3.8) is 0 Å². The molecule has 1 atom stereocenters. The van der Waals surface area contributed by atoms with Crippen molar-refractivity contribution in [1.29, 1.82) is 0 Å². The molecule has 1 aliphatic rings. The summed E-state index contributed by atoms with van der Waals surface area (Å²) in [4.78, 5) is 25.7. The van der Waals surface area contributed by atoms with Crippen molar-refractivity contribution in [3.8, 4) is 11.5 Å². The van der Waals surface area contributed by atoms with Crippen LogP contribution < -0.4 is 4.74 Å². The number of methoxy groups -OCH3 is 1. The van der Waals surface area contributed by atoms with Gasteiger partial charge in [0.05, 0.1) is 11.6 Å². The van der Waals surface area contributed by atoms with Gasteiger partial charge < -0.3 is 19.5 Å². The minimum atomic E-state index is -0.804. The number of carbonyl (C=O) groups is 2. The second kappa shape index (κ2) is 8.19. The fourth-order valence-electron chi connectivity index (χ4n) is 2.47. The quantitative estimate of drug-likeness (QED) is 0.610. The highest BCUT2D eigenvalue weighted by molar-refractivity contribution is 9.10. The number of phenolic OH excluding ortho intramolecular Hbond substituents is 1. The minimum Gasteiger partial charge on any atom is -0.503 e. The van der Waals surface area contributed by atoms with E-state index in [0.29, 0.717) is 10.0 Å². The average molecular weight is 398 g/mol. The molecular weight excluding hydrogens is 378 g/mol. The lowest BCUT2D eigenvalue weighted by Crippen LogP contribution is -2.37. The number of esters is 1. The molecule has 1 heterocycles. The van der Waals surface area contributed by atoms with Crippen LogP contribution in [0.15, 0.2) is 22.7 Å². The van der Waals surface area contributed by atoms with Gasteiger partial charge in [0.2, 0.25) is 0 Å². The van der Waals surface area contributed by atoms with E-state index in [1.54, 1.807) is 24.0 Å². The Hall–Kier alpha value is -2.02. The fraction of sp³-hybridized carbons (Fsp3) is 0.412. The number of nitrogens with zero attached hydrogens (tertiary/aromatic N) is 1. The van der Waals surface area contributed by atoms with Crippen LogP contribution in [0, 0.1) is 0 Å². The number of benzene rings is 1. The molecule has 6 nitrogen and oxygen atoms in total. The molecule has 0 aliphatic carbocycles. The topological polar surface area (TPSA) is 76.1 Å². The van der Waals surface area contributed by atoms with E-state index >= 15 is 0 Å². The first-order valence-electron chi connectivity index (χ1n) is 7.66. The Kier molecular flexibility index (Phi) is 6.25. The molecule has 0 saturated carbocycles. The van der Waals surface area contributed by atoms with Crippen molar-refractivity contribution < 1.29 is 24.2 Å². The third-order valence-electron chi connectivity index (χ3n) is 3.74. The molecule has 7 heteroatoms. The van der Waals surface area contributed by atoms with Gasteiger partial charge >= 0.3 is 5.97 Å². The number of hydrogen-bond donors (Lipinski definition) is 1. The van der Waals surface area contributed by atoms with E-state index < -0.39 is 12.1 Å². The van der Waals surface area contributed by atoms with Crippen molar-refractivity contribution in [2.24, 2.45) is 0 Å². The molecule has 1 N–H and O–H groups in total. The summed E-state index contributed by atoms with van der Waals surface area (Å²) in [6.07, 6.45) is 3.95. The van der Waals surface area contributed by atoms with Crippen LogP contribution in [0.4, 0.5) is 0 Å². The predicted molar refractivity (Wildman–Crippen MR) is 92.8 cm³/mol. The number of carbonyl (C=O) groups excluding carboxylic acids is 2. The van der Waals surface area contributed by atoms with Crippen LogP contribution in [0.25, 0.3) is 6.08 Å². The molecule has 0 bridgehead atoms. The Morgan fingerprint density at radius 3 is 2.62 bits per heavy atom. The highest BCUT2D eigenvalue weighted by Gasteiger charge is 2.25. The first-order chi connectivity index (χ1) is 11.4. The molecule has 2 rings (SSSR count). The van der Waals surface area contributed by atoms with Crippen molar-refractivity contribution in [3.05, 3.63) is 28.2 Å². The molecule has 0 radical (unpaired) electrons. The van der Waals surface area contributed by atoms with E-state index in [1.807, 2.05) is 0 Å². The number of halogens is 1. The summed E-state index contributed by atoms with van der Waals surface area (Å²) in [6.45, 7) is 3.02. The van der Waals surface area contributed by atoms with Gasteiger partial charge in [-0.3, -0.25) is 4.79 Å². The van der Waals surface area contributed by atoms with Crippen molar-refractivity contribution in [1.82, 2.24) is 4.90 Å². The molecule has 1 aromatic rings. The monoisotopic (exact) mass is 397 g/mol. The molecule has 24 heavy (non-hydrogen) atoms. The molecule has 0 spiro atoms. The molecule has 1 fully saturated rings. The summed E-state index contributed by atoms with van der Waals surface area (Å²) in [5, 5.41) is 9.75. The van der Waals surface area contributed by atoms with Crippen LogP contribution >= 0.6 is 15.9 Å². The Bertz CT molecular complexity index is 653. The number of aromatic hydroxyl groups is 1. The molecule has 0 aromatic heterocycles. The van der Waals surface area contributed by atoms with Gasteiger partial charge in [0.25, 0.3) is 5.91 Å². The molecular formula is C17H20BrNO5. The minimum absolute atomic E-state index is 0.0120.